The van der Waals surface area contributed by atoms with Crippen molar-refractivity contribution in [3.05, 3.63) is 78.4 Å². The van der Waals surface area contributed by atoms with Gasteiger partial charge in [-0.2, -0.15) is 0 Å². The Morgan fingerprint density at radius 3 is 1.60 bits per heavy atom. The van der Waals surface area contributed by atoms with Crippen LogP contribution in [0.3, 0.4) is 0 Å². The molecule has 0 radical (unpaired) electrons. The summed E-state index contributed by atoms with van der Waals surface area (Å²) in [6.45, 7) is 11.7. The third kappa shape index (κ3) is 12.7. The van der Waals surface area contributed by atoms with Crippen molar-refractivity contribution in [2.75, 3.05) is 39.6 Å². The zero-order valence-electron chi connectivity index (χ0n) is 26.8. The average Bonchev–Trinajstić information content (AvgIpc) is 3.01. The molecular weight excluding hydrogens is 576 g/mol. The van der Waals surface area contributed by atoms with Crippen molar-refractivity contribution in [3.63, 3.8) is 0 Å². The minimum absolute atomic E-state index is 0.0874. The molecule has 0 amide bonds. The van der Waals surface area contributed by atoms with Crippen molar-refractivity contribution in [1.82, 2.24) is 0 Å². The Bertz CT molecular complexity index is 1330. The van der Waals surface area contributed by atoms with E-state index in [0.717, 1.165) is 17.5 Å². The van der Waals surface area contributed by atoms with Crippen LogP contribution in [-0.4, -0.2) is 57.5 Å². The van der Waals surface area contributed by atoms with E-state index in [2.05, 4.69) is 13.8 Å². The Hall–Kier alpha value is -4.21. The van der Waals surface area contributed by atoms with Crippen molar-refractivity contribution in [3.8, 4) is 28.4 Å². The van der Waals surface area contributed by atoms with E-state index >= 15 is 0 Å². The molecule has 45 heavy (non-hydrogen) atoms. The number of ether oxygens (including phenoxy) is 6. The maximum atomic E-state index is 12.6. The highest BCUT2D eigenvalue weighted by molar-refractivity contribution is 5.91. The van der Waals surface area contributed by atoms with Crippen LogP contribution in [0.4, 0.5) is 0 Å². The molecule has 9 nitrogen and oxygen atoms in total. The van der Waals surface area contributed by atoms with E-state index in [-0.39, 0.29) is 30.4 Å². The summed E-state index contributed by atoms with van der Waals surface area (Å²) in [7, 11) is 0. The van der Waals surface area contributed by atoms with Crippen molar-refractivity contribution in [2.45, 2.75) is 41.0 Å². The fourth-order valence-corrected chi connectivity index (χ4v) is 4.45. The van der Waals surface area contributed by atoms with Crippen LogP contribution in [0.1, 0.15) is 51.4 Å². The Morgan fingerprint density at radius 1 is 0.600 bits per heavy atom. The fourth-order valence-electron chi connectivity index (χ4n) is 4.45. The summed E-state index contributed by atoms with van der Waals surface area (Å²) in [5.74, 6) is 1.10. The van der Waals surface area contributed by atoms with Gasteiger partial charge in [0.15, 0.2) is 0 Å². The second-order valence-corrected chi connectivity index (χ2v) is 11.3. The molecule has 3 aromatic rings. The van der Waals surface area contributed by atoms with E-state index in [1.54, 1.807) is 48.5 Å². The summed E-state index contributed by atoms with van der Waals surface area (Å²) in [6, 6.07) is 21.0. The fraction of sp³-hybridized carbons (Fsp3) is 0.417. The summed E-state index contributed by atoms with van der Waals surface area (Å²) in [6.07, 6.45) is 0.819. The Labute approximate surface area is 265 Å². The summed E-state index contributed by atoms with van der Waals surface area (Å²) in [5, 5.41) is 0. The molecule has 0 aliphatic rings. The molecule has 0 aliphatic carbocycles. The zero-order chi connectivity index (χ0) is 32.6. The van der Waals surface area contributed by atoms with Gasteiger partial charge in [0.05, 0.1) is 37.9 Å². The number of carbonyl (C=O) groups excluding carboxylic acids is 3. The second-order valence-electron chi connectivity index (χ2n) is 11.3. The number of hydrogen-bond acceptors (Lipinski definition) is 9. The van der Waals surface area contributed by atoms with Gasteiger partial charge >= 0.3 is 17.9 Å². The van der Waals surface area contributed by atoms with Gasteiger partial charge in [-0.25, -0.2) is 4.79 Å². The number of hydrogen-bond donors (Lipinski definition) is 0. The Balaban J connectivity index is 1.28. The monoisotopic (exact) mass is 620 g/mol. The molecule has 3 rings (SSSR count). The van der Waals surface area contributed by atoms with Gasteiger partial charge in [0.1, 0.15) is 30.5 Å². The van der Waals surface area contributed by atoms with E-state index in [9.17, 15) is 14.4 Å². The van der Waals surface area contributed by atoms with Crippen molar-refractivity contribution in [2.24, 2.45) is 17.8 Å². The van der Waals surface area contributed by atoms with Crippen LogP contribution in [0.15, 0.2) is 72.8 Å². The lowest BCUT2D eigenvalue weighted by atomic mass is 9.88. The molecule has 1 atom stereocenters. The minimum Gasteiger partial charge on any atom is -0.491 e. The van der Waals surface area contributed by atoms with Crippen LogP contribution in [0.2, 0.25) is 0 Å². The maximum Gasteiger partial charge on any atom is 0.343 e. The van der Waals surface area contributed by atoms with Gasteiger partial charge < -0.3 is 28.4 Å². The highest BCUT2D eigenvalue weighted by atomic mass is 16.6. The third-order valence-corrected chi connectivity index (χ3v) is 6.78. The van der Waals surface area contributed by atoms with Crippen LogP contribution in [-0.2, 0) is 23.8 Å². The average molecular weight is 621 g/mol. The summed E-state index contributed by atoms with van der Waals surface area (Å²) < 4.78 is 32.6. The molecule has 0 aliphatic heterocycles. The van der Waals surface area contributed by atoms with Gasteiger partial charge in [0, 0.05) is 6.92 Å². The largest absolute Gasteiger partial charge is 0.491 e. The zero-order valence-corrected chi connectivity index (χ0v) is 26.8. The van der Waals surface area contributed by atoms with Gasteiger partial charge in [-0.3, -0.25) is 9.59 Å². The van der Waals surface area contributed by atoms with Crippen molar-refractivity contribution < 1.29 is 42.8 Å². The van der Waals surface area contributed by atoms with E-state index in [1.165, 1.54) is 6.92 Å². The molecule has 0 fully saturated rings. The van der Waals surface area contributed by atoms with Crippen LogP contribution >= 0.6 is 0 Å². The normalized spacial score (nSPS) is 11.7. The number of esters is 3. The lowest BCUT2D eigenvalue weighted by Crippen LogP contribution is -2.25. The molecule has 242 valence electrons. The molecule has 0 saturated carbocycles. The first-order chi connectivity index (χ1) is 21.6. The first kappa shape index (κ1) is 35.3. The summed E-state index contributed by atoms with van der Waals surface area (Å²) in [5.41, 5.74) is 2.26. The minimum atomic E-state index is -0.478. The molecular formula is C36H44O9. The molecule has 0 N–H and O–H groups in total. The van der Waals surface area contributed by atoms with E-state index < -0.39 is 5.97 Å². The Kier molecular flexibility index (Phi) is 14.6. The summed E-state index contributed by atoms with van der Waals surface area (Å²) in [4.78, 5) is 36.0. The molecule has 0 bridgehead atoms. The first-order valence-electron chi connectivity index (χ1n) is 15.3. The lowest BCUT2D eigenvalue weighted by Gasteiger charge is -2.21. The van der Waals surface area contributed by atoms with Gasteiger partial charge in [-0.15, -0.1) is 0 Å². The third-order valence-electron chi connectivity index (χ3n) is 6.78. The topological polar surface area (TPSA) is 107 Å². The van der Waals surface area contributed by atoms with Crippen molar-refractivity contribution in [1.29, 1.82) is 0 Å². The summed E-state index contributed by atoms with van der Waals surface area (Å²) >= 11 is 0. The molecule has 0 heterocycles. The Morgan fingerprint density at radius 2 is 1.09 bits per heavy atom. The molecule has 9 heteroatoms. The highest BCUT2D eigenvalue weighted by Gasteiger charge is 2.24. The lowest BCUT2D eigenvalue weighted by molar-refractivity contribution is -0.152. The predicted molar refractivity (Wildman–Crippen MR) is 170 cm³/mol. The first-order valence-corrected chi connectivity index (χ1v) is 15.3. The molecule has 0 aromatic heterocycles. The second kappa shape index (κ2) is 18.6. The number of carbonyl (C=O) groups is 3. The van der Waals surface area contributed by atoms with E-state index in [4.69, 9.17) is 28.4 Å². The maximum absolute atomic E-state index is 12.6. The van der Waals surface area contributed by atoms with Gasteiger partial charge in [0.2, 0.25) is 0 Å². The number of benzene rings is 3. The highest BCUT2D eigenvalue weighted by Crippen LogP contribution is 2.25. The quantitative estimate of drug-likeness (QED) is 0.0865. The predicted octanol–water partition coefficient (Wildman–Crippen LogP) is 6.77. The van der Waals surface area contributed by atoms with Gasteiger partial charge in [-0.05, 0) is 77.9 Å². The standard InChI is InChI=1S/C36H44O9/c1-25(2)24-34(26(3)4)36(39)43-23-21-41-19-18-40-20-22-42-31-12-10-30(11-13-31)35(38)45-33-16-8-29(9-17-33)28-6-14-32(15-7-28)44-27(5)37/h6-17,25-26,34H,18-24H2,1-5H3. The van der Waals surface area contributed by atoms with Crippen LogP contribution in [0.25, 0.3) is 11.1 Å². The molecule has 0 spiro atoms. The van der Waals surface area contributed by atoms with Crippen LogP contribution in [0.5, 0.6) is 17.2 Å². The van der Waals surface area contributed by atoms with E-state index in [1.807, 2.05) is 38.1 Å². The smallest absolute Gasteiger partial charge is 0.343 e. The molecule has 3 aromatic carbocycles. The van der Waals surface area contributed by atoms with E-state index in [0.29, 0.717) is 61.8 Å². The SMILES string of the molecule is CC(=O)Oc1ccc(-c2ccc(OC(=O)c3ccc(OCCOCCOCCOC(=O)C(CC(C)C)C(C)C)cc3)cc2)cc1. The van der Waals surface area contributed by atoms with Gasteiger partial charge in [-0.1, -0.05) is 52.0 Å². The van der Waals surface area contributed by atoms with Gasteiger partial charge in [0.25, 0.3) is 0 Å². The van der Waals surface area contributed by atoms with Crippen LogP contribution < -0.4 is 14.2 Å². The number of rotatable bonds is 18. The van der Waals surface area contributed by atoms with Crippen LogP contribution in [0, 0.1) is 17.8 Å². The molecule has 1 unspecified atom stereocenters. The van der Waals surface area contributed by atoms with Crippen molar-refractivity contribution >= 4 is 17.9 Å². The molecule has 0 saturated heterocycles.